The lowest BCUT2D eigenvalue weighted by molar-refractivity contribution is -0.113. The van der Waals surface area contributed by atoms with E-state index in [2.05, 4.69) is 28.7 Å². The third-order valence-electron chi connectivity index (χ3n) is 4.61. The van der Waals surface area contributed by atoms with Gasteiger partial charge in [-0.3, -0.25) is 4.79 Å². The molecule has 0 bridgehead atoms. The summed E-state index contributed by atoms with van der Waals surface area (Å²) in [6.45, 7) is 7.22. The number of rotatable bonds is 9. The van der Waals surface area contributed by atoms with Gasteiger partial charge >= 0.3 is 0 Å². The van der Waals surface area contributed by atoms with Crippen molar-refractivity contribution in [3.05, 3.63) is 66.0 Å². The molecule has 0 unspecified atom stereocenters. The number of para-hydroxylation sites is 1. The van der Waals surface area contributed by atoms with E-state index in [0.717, 1.165) is 47.4 Å². The minimum Gasteiger partial charge on any atom is -0.457 e. The fourth-order valence-electron chi connectivity index (χ4n) is 2.87. The maximum atomic E-state index is 12.4. The van der Waals surface area contributed by atoms with Gasteiger partial charge in [-0.05, 0) is 56.7 Å². The second kappa shape index (κ2) is 10.2. The van der Waals surface area contributed by atoms with Gasteiger partial charge in [0, 0.05) is 17.9 Å². The fraction of sp³-hybridized carbons (Fsp3) is 0.304. The Morgan fingerprint density at radius 1 is 1.07 bits per heavy atom. The highest BCUT2D eigenvalue weighted by atomic mass is 32.2. The van der Waals surface area contributed by atoms with Crippen molar-refractivity contribution in [3.63, 3.8) is 0 Å². The Morgan fingerprint density at radius 2 is 1.76 bits per heavy atom. The van der Waals surface area contributed by atoms with Crippen molar-refractivity contribution in [2.45, 2.75) is 45.3 Å². The molecule has 152 valence electrons. The minimum atomic E-state index is -0.0490. The first kappa shape index (κ1) is 21.0. The first-order chi connectivity index (χ1) is 14.1. The molecule has 1 amide bonds. The molecular formula is C23H27N3O2S. The quantitative estimate of drug-likeness (QED) is 0.452. The van der Waals surface area contributed by atoms with Crippen LogP contribution in [0.5, 0.6) is 11.5 Å². The van der Waals surface area contributed by atoms with E-state index in [1.54, 1.807) is 0 Å². The van der Waals surface area contributed by atoms with Crippen molar-refractivity contribution >= 4 is 23.4 Å². The van der Waals surface area contributed by atoms with E-state index >= 15 is 0 Å². The van der Waals surface area contributed by atoms with Gasteiger partial charge in [0.15, 0.2) is 5.16 Å². The van der Waals surface area contributed by atoms with Crippen LogP contribution in [-0.2, 0) is 11.3 Å². The maximum absolute atomic E-state index is 12.4. The lowest BCUT2D eigenvalue weighted by atomic mass is 10.3. The van der Waals surface area contributed by atoms with Gasteiger partial charge in [-0.15, -0.1) is 0 Å². The molecule has 1 aromatic heterocycles. The molecule has 3 aromatic rings. The maximum Gasteiger partial charge on any atom is 0.234 e. The molecule has 29 heavy (non-hydrogen) atoms. The normalized spacial score (nSPS) is 10.7. The van der Waals surface area contributed by atoms with Crippen LogP contribution in [0.3, 0.4) is 0 Å². The molecule has 0 aliphatic heterocycles. The smallest absolute Gasteiger partial charge is 0.234 e. The van der Waals surface area contributed by atoms with Gasteiger partial charge < -0.3 is 14.6 Å². The van der Waals surface area contributed by atoms with Crippen LogP contribution in [0.1, 0.15) is 31.2 Å². The molecule has 6 heteroatoms. The summed E-state index contributed by atoms with van der Waals surface area (Å²) >= 11 is 1.48. The Labute approximate surface area is 176 Å². The van der Waals surface area contributed by atoms with Crippen molar-refractivity contribution < 1.29 is 9.53 Å². The van der Waals surface area contributed by atoms with Crippen LogP contribution in [-0.4, -0.2) is 21.2 Å². The molecule has 0 atom stereocenters. The summed E-state index contributed by atoms with van der Waals surface area (Å²) in [5.41, 5.74) is 2.95. The summed E-state index contributed by atoms with van der Waals surface area (Å²) in [6, 6.07) is 17.0. The van der Waals surface area contributed by atoms with Crippen LogP contribution in [0, 0.1) is 13.8 Å². The molecule has 0 aliphatic carbocycles. The van der Waals surface area contributed by atoms with Crippen LogP contribution in [0.4, 0.5) is 5.69 Å². The molecule has 5 nitrogen and oxygen atoms in total. The number of nitrogens with one attached hydrogen (secondary N) is 1. The minimum absolute atomic E-state index is 0.0490. The average molecular weight is 410 g/mol. The van der Waals surface area contributed by atoms with Gasteiger partial charge in [0.05, 0.1) is 11.4 Å². The zero-order valence-corrected chi connectivity index (χ0v) is 18.0. The highest BCUT2D eigenvalue weighted by molar-refractivity contribution is 7.99. The van der Waals surface area contributed by atoms with E-state index in [-0.39, 0.29) is 5.91 Å². The number of amides is 1. The number of carbonyl (C=O) groups is 1. The van der Waals surface area contributed by atoms with Crippen LogP contribution < -0.4 is 10.1 Å². The molecule has 2 aromatic carbocycles. The van der Waals surface area contributed by atoms with Crippen molar-refractivity contribution in [1.29, 1.82) is 0 Å². The number of hydrogen-bond acceptors (Lipinski definition) is 4. The number of ether oxygens (including phenoxy) is 1. The van der Waals surface area contributed by atoms with Crippen LogP contribution in [0.2, 0.25) is 0 Å². The summed E-state index contributed by atoms with van der Waals surface area (Å²) in [5.74, 6) is 1.79. The number of nitrogens with zero attached hydrogens (tertiary/aromatic N) is 2. The molecule has 0 spiro atoms. The molecule has 1 heterocycles. The van der Waals surface area contributed by atoms with Gasteiger partial charge in [0.1, 0.15) is 11.5 Å². The molecule has 0 aliphatic rings. The number of anilines is 1. The monoisotopic (exact) mass is 409 g/mol. The fourth-order valence-corrected chi connectivity index (χ4v) is 3.79. The number of carbonyl (C=O) groups excluding carboxylic acids is 1. The highest BCUT2D eigenvalue weighted by Gasteiger charge is 2.13. The number of unbranched alkanes of at least 4 members (excludes halogenated alkanes) is 1. The molecule has 0 saturated heterocycles. The first-order valence-corrected chi connectivity index (χ1v) is 10.8. The summed E-state index contributed by atoms with van der Waals surface area (Å²) in [6.07, 6.45) is 2.24. The number of aryl methyl sites for hydroxylation is 1. The Morgan fingerprint density at radius 3 is 2.45 bits per heavy atom. The Hall–Kier alpha value is -2.73. The van der Waals surface area contributed by atoms with Gasteiger partial charge in [-0.2, -0.15) is 0 Å². The van der Waals surface area contributed by atoms with E-state index in [0.29, 0.717) is 5.75 Å². The van der Waals surface area contributed by atoms with Gasteiger partial charge in [-0.1, -0.05) is 43.3 Å². The number of benzene rings is 2. The molecule has 0 saturated carbocycles. The van der Waals surface area contributed by atoms with Crippen LogP contribution in [0.15, 0.2) is 59.8 Å². The van der Waals surface area contributed by atoms with Crippen LogP contribution >= 0.6 is 11.8 Å². The summed E-state index contributed by atoms with van der Waals surface area (Å²) in [4.78, 5) is 17.0. The lowest BCUT2D eigenvalue weighted by Crippen LogP contribution is -2.14. The molecule has 0 fully saturated rings. The van der Waals surface area contributed by atoms with Gasteiger partial charge in [0.25, 0.3) is 0 Å². The van der Waals surface area contributed by atoms with Gasteiger partial charge in [0.2, 0.25) is 5.91 Å². The standard InChI is InChI=1S/C23H27N3O2S/c1-4-5-15-26-18(3)17(2)24-23(26)29-16-22(27)25-19-11-13-21(14-12-19)28-20-9-7-6-8-10-20/h6-14H,4-5,15-16H2,1-3H3,(H,25,27). The predicted molar refractivity (Wildman–Crippen MR) is 119 cm³/mol. The SMILES string of the molecule is CCCCn1c(SCC(=O)Nc2ccc(Oc3ccccc3)cc2)nc(C)c1C. The van der Waals surface area contributed by atoms with E-state index in [9.17, 15) is 4.79 Å². The topological polar surface area (TPSA) is 56.2 Å². The summed E-state index contributed by atoms with van der Waals surface area (Å²) in [5, 5.41) is 3.85. The number of aromatic nitrogens is 2. The van der Waals surface area contributed by atoms with Gasteiger partial charge in [-0.25, -0.2) is 4.98 Å². The number of hydrogen-bond donors (Lipinski definition) is 1. The summed E-state index contributed by atoms with van der Waals surface area (Å²) < 4.78 is 7.99. The molecule has 3 rings (SSSR count). The van der Waals surface area contributed by atoms with E-state index in [4.69, 9.17) is 4.74 Å². The van der Waals surface area contributed by atoms with E-state index < -0.39 is 0 Å². The van der Waals surface area contributed by atoms with E-state index in [1.807, 2.05) is 61.5 Å². The Kier molecular flexibility index (Phi) is 7.36. The van der Waals surface area contributed by atoms with E-state index in [1.165, 1.54) is 17.5 Å². The third-order valence-corrected chi connectivity index (χ3v) is 5.58. The Balaban J connectivity index is 1.54. The zero-order valence-electron chi connectivity index (χ0n) is 17.1. The second-order valence-electron chi connectivity index (χ2n) is 6.85. The second-order valence-corrected chi connectivity index (χ2v) is 7.79. The lowest BCUT2D eigenvalue weighted by Gasteiger charge is -2.10. The summed E-state index contributed by atoms with van der Waals surface area (Å²) in [7, 11) is 0. The van der Waals surface area contributed by atoms with Crippen molar-refractivity contribution in [2.24, 2.45) is 0 Å². The third kappa shape index (κ3) is 5.87. The molecule has 1 N–H and O–H groups in total. The number of thioether (sulfide) groups is 1. The Bertz CT molecular complexity index is 937. The van der Waals surface area contributed by atoms with Crippen molar-refractivity contribution in [1.82, 2.24) is 9.55 Å². The highest BCUT2D eigenvalue weighted by Crippen LogP contribution is 2.24. The van der Waals surface area contributed by atoms with Crippen molar-refractivity contribution in [2.75, 3.05) is 11.1 Å². The molecule has 0 radical (unpaired) electrons. The first-order valence-electron chi connectivity index (χ1n) is 9.86. The van der Waals surface area contributed by atoms with Crippen molar-refractivity contribution in [3.8, 4) is 11.5 Å². The number of imidazole rings is 1. The zero-order chi connectivity index (χ0) is 20.6. The van der Waals surface area contributed by atoms with Crippen LogP contribution in [0.25, 0.3) is 0 Å². The molecular weight excluding hydrogens is 382 g/mol. The largest absolute Gasteiger partial charge is 0.457 e. The average Bonchev–Trinajstić information content (AvgIpc) is 3.00. The predicted octanol–water partition coefficient (Wildman–Crippen LogP) is 5.82.